The number of nitrogens with one attached hydrogen (secondary N) is 1. The average molecular weight is 291 g/mol. The first-order valence-electron chi connectivity index (χ1n) is 6.65. The molecule has 0 spiro atoms. The molecule has 3 rings (SSSR count). The van der Waals surface area contributed by atoms with E-state index in [4.69, 9.17) is 4.42 Å². The van der Waals surface area contributed by atoms with E-state index in [0.717, 1.165) is 12.8 Å². The van der Waals surface area contributed by atoms with Gasteiger partial charge in [-0.15, -0.1) is 0 Å². The summed E-state index contributed by atoms with van der Waals surface area (Å²) < 4.78 is 18.5. The van der Waals surface area contributed by atoms with E-state index in [0.29, 0.717) is 11.0 Å². The lowest BCUT2D eigenvalue weighted by atomic mass is 9.96. The minimum Gasteiger partial charge on any atom is -0.480 e. The van der Waals surface area contributed by atoms with Crippen LogP contribution < -0.4 is 5.32 Å². The first-order valence-corrected chi connectivity index (χ1v) is 6.65. The highest BCUT2D eigenvalue weighted by molar-refractivity contribution is 5.99. The maximum atomic E-state index is 13.1. The Hall–Kier alpha value is -2.37. The number of carbonyl (C=O) groups excluding carboxylic acids is 1. The van der Waals surface area contributed by atoms with Crippen molar-refractivity contribution in [2.75, 3.05) is 0 Å². The summed E-state index contributed by atoms with van der Waals surface area (Å²) in [6, 6.07) is 5.33. The second-order valence-electron chi connectivity index (χ2n) is 5.53. The van der Waals surface area contributed by atoms with Gasteiger partial charge in [-0.1, -0.05) is 0 Å². The van der Waals surface area contributed by atoms with Crippen molar-refractivity contribution < 1.29 is 23.5 Å². The van der Waals surface area contributed by atoms with Crippen LogP contribution in [-0.4, -0.2) is 22.5 Å². The number of fused-ring (bicyclic) bond motifs is 1. The van der Waals surface area contributed by atoms with E-state index < -0.39 is 23.2 Å². The van der Waals surface area contributed by atoms with Crippen LogP contribution in [0.15, 0.2) is 28.7 Å². The predicted molar refractivity (Wildman–Crippen MR) is 72.4 cm³/mol. The summed E-state index contributed by atoms with van der Waals surface area (Å²) in [6.45, 7) is 1.49. The molecule has 2 aromatic rings. The van der Waals surface area contributed by atoms with Gasteiger partial charge in [0.1, 0.15) is 16.9 Å². The molecule has 21 heavy (non-hydrogen) atoms. The molecule has 1 saturated carbocycles. The van der Waals surface area contributed by atoms with E-state index in [-0.39, 0.29) is 11.7 Å². The Labute approximate surface area is 119 Å². The number of carboxylic acid groups (broad SMARTS) is 1. The van der Waals surface area contributed by atoms with Gasteiger partial charge < -0.3 is 14.8 Å². The first kappa shape index (κ1) is 13.6. The normalized spacial score (nSPS) is 17.4. The number of furan rings is 1. The highest BCUT2D eigenvalue weighted by Crippen LogP contribution is 2.40. The van der Waals surface area contributed by atoms with Gasteiger partial charge in [0.05, 0.1) is 0 Å². The molecule has 0 saturated heterocycles. The van der Waals surface area contributed by atoms with E-state index in [2.05, 4.69) is 5.32 Å². The zero-order chi connectivity index (χ0) is 15.2. The van der Waals surface area contributed by atoms with E-state index in [1.807, 2.05) is 0 Å². The van der Waals surface area contributed by atoms with Crippen molar-refractivity contribution >= 4 is 22.8 Å². The molecular weight excluding hydrogens is 277 g/mol. The smallest absolute Gasteiger partial charge is 0.329 e. The van der Waals surface area contributed by atoms with Crippen LogP contribution in [-0.2, 0) is 4.79 Å². The summed E-state index contributed by atoms with van der Waals surface area (Å²) in [5.74, 6) is -2.20. The van der Waals surface area contributed by atoms with Crippen molar-refractivity contribution in [1.82, 2.24) is 5.32 Å². The first-order chi connectivity index (χ1) is 9.90. The number of amides is 1. The fourth-order valence-electron chi connectivity index (χ4n) is 2.41. The fourth-order valence-corrected chi connectivity index (χ4v) is 2.41. The van der Waals surface area contributed by atoms with Gasteiger partial charge in [-0.05, 0) is 49.9 Å². The maximum absolute atomic E-state index is 13.1. The SMILES string of the molecule is C[C@](NC(=O)c1cc2cc(F)ccc2o1)(C(=O)O)C1CC1. The van der Waals surface area contributed by atoms with Gasteiger partial charge in [-0.3, -0.25) is 4.79 Å². The van der Waals surface area contributed by atoms with Crippen LogP contribution >= 0.6 is 0 Å². The van der Waals surface area contributed by atoms with Gasteiger partial charge >= 0.3 is 5.97 Å². The third kappa shape index (κ3) is 2.37. The molecule has 1 aliphatic carbocycles. The Morgan fingerprint density at radius 2 is 2.10 bits per heavy atom. The minimum absolute atomic E-state index is 0.0243. The van der Waals surface area contributed by atoms with Gasteiger partial charge in [-0.25, -0.2) is 9.18 Å². The molecule has 2 N–H and O–H groups in total. The van der Waals surface area contributed by atoms with Crippen molar-refractivity contribution in [1.29, 1.82) is 0 Å². The third-order valence-corrected chi connectivity index (χ3v) is 3.91. The average Bonchev–Trinajstić information content (AvgIpc) is 3.19. The Balaban J connectivity index is 1.88. The van der Waals surface area contributed by atoms with Crippen LogP contribution in [0.25, 0.3) is 11.0 Å². The van der Waals surface area contributed by atoms with Gasteiger partial charge in [0.2, 0.25) is 0 Å². The summed E-state index contributed by atoms with van der Waals surface area (Å²) in [4.78, 5) is 23.6. The van der Waals surface area contributed by atoms with Crippen molar-refractivity contribution in [3.8, 4) is 0 Å². The highest BCUT2D eigenvalue weighted by atomic mass is 19.1. The molecule has 6 heteroatoms. The molecule has 0 aliphatic heterocycles. The summed E-state index contributed by atoms with van der Waals surface area (Å²) in [6.07, 6.45) is 1.54. The largest absolute Gasteiger partial charge is 0.480 e. The summed E-state index contributed by atoms with van der Waals surface area (Å²) in [5, 5.41) is 12.3. The van der Waals surface area contributed by atoms with Crippen molar-refractivity contribution in [2.45, 2.75) is 25.3 Å². The molecule has 1 aliphatic rings. The Morgan fingerprint density at radius 3 is 2.71 bits per heavy atom. The van der Waals surface area contributed by atoms with E-state index in [1.54, 1.807) is 0 Å². The molecular formula is C15H14FNO4. The number of hydrogen-bond donors (Lipinski definition) is 2. The lowest BCUT2D eigenvalue weighted by Gasteiger charge is -2.25. The van der Waals surface area contributed by atoms with Crippen LogP contribution in [0.5, 0.6) is 0 Å². The molecule has 1 amide bonds. The number of benzene rings is 1. The van der Waals surface area contributed by atoms with Crippen molar-refractivity contribution in [3.63, 3.8) is 0 Å². The van der Waals surface area contributed by atoms with Gasteiger partial charge in [0.25, 0.3) is 5.91 Å². The molecule has 1 aromatic heterocycles. The monoisotopic (exact) mass is 291 g/mol. The molecule has 0 unspecified atom stereocenters. The molecule has 1 heterocycles. The maximum Gasteiger partial charge on any atom is 0.329 e. The molecule has 5 nitrogen and oxygen atoms in total. The summed E-state index contributed by atoms with van der Waals surface area (Å²) >= 11 is 0. The van der Waals surface area contributed by atoms with Crippen LogP contribution in [0, 0.1) is 11.7 Å². The number of carboxylic acids is 1. The lowest BCUT2D eigenvalue weighted by Crippen LogP contribution is -2.53. The quantitative estimate of drug-likeness (QED) is 0.907. The summed E-state index contributed by atoms with van der Waals surface area (Å²) in [5.41, 5.74) is -0.925. The van der Waals surface area contributed by atoms with Gasteiger partial charge in [0, 0.05) is 5.39 Å². The standard InChI is InChI=1S/C15H14FNO4/c1-15(14(19)20,9-2-3-9)17-13(18)12-7-8-6-10(16)4-5-11(8)21-12/h4-7,9H,2-3H2,1H3,(H,17,18)(H,19,20)/t15-/m1/s1. The molecule has 0 bridgehead atoms. The van der Waals surface area contributed by atoms with Crippen molar-refractivity contribution in [2.24, 2.45) is 5.92 Å². The second kappa shape index (κ2) is 4.58. The van der Waals surface area contributed by atoms with Gasteiger partial charge in [-0.2, -0.15) is 0 Å². The Morgan fingerprint density at radius 1 is 1.38 bits per heavy atom. The van der Waals surface area contributed by atoms with Crippen molar-refractivity contribution in [3.05, 3.63) is 35.8 Å². The molecule has 1 aromatic carbocycles. The molecule has 110 valence electrons. The topological polar surface area (TPSA) is 79.5 Å². The minimum atomic E-state index is -1.30. The zero-order valence-corrected chi connectivity index (χ0v) is 11.4. The van der Waals surface area contributed by atoms with Crippen LogP contribution in [0.3, 0.4) is 0 Å². The van der Waals surface area contributed by atoms with Crippen LogP contribution in [0.4, 0.5) is 4.39 Å². The fraction of sp³-hybridized carbons (Fsp3) is 0.333. The summed E-state index contributed by atoms with van der Waals surface area (Å²) in [7, 11) is 0. The number of halogens is 1. The number of hydrogen-bond acceptors (Lipinski definition) is 3. The van der Waals surface area contributed by atoms with Crippen LogP contribution in [0.1, 0.15) is 30.3 Å². The molecule has 0 radical (unpaired) electrons. The highest BCUT2D eigenvalue weighted by Gasteiger charge is 2.48. The predicted octanol–water partition coefficient (Wildman–Crippen LogP) is 2.56. The van der Waals surface area contributed by atoms with E-state index >= 15 is 0 Å². The molecule has 1 fully saturated rings. The number of rotatable bonds is 4. The zero-order valence-electron chi connectivity index (χ0n) is 11.4. The number of carbonyl (C=O) groups is 2. The third-order valence-electron chi connectivity index (χ3n) is 3.91. The van der Waals surface area contributed by atoms with E-state index in [1.165, 1.54) is 31.2 Å². The molecule has 1 atom stereocenters. The lowest BCUT2D eigenvalue weighted by molar-refractivity contribution is -0.144. The Bertz CT molecular complexity index is 734. The van der Waals surface area contributed by atoms with Gasteiger partial charge in [0.15, 0.2) is 5.76 Å². The van der Waals surface area contributed by atoms with Crippen LogP contribution in [0.2, 0.25) is 0 Å². The van der Waals surface area contributed by atoms with E-state index in [9.17, 15) is 19.1 Å². The Kier molecular flexibility index (Phi) is 2.97. The second-order valence-corrected chi connectivity index (χ2v) is 5.53. The number of aliphatic carboxylic acids is 1.